The molecule has 0 aromatic carbocycles. The quantitative estimate of drug-likeness (QED) is 0.726. The van der Waals surface area contributed by atoms with Crippen LogP contribution in [0.25, 0.3) is 0 Å². The third-order valence-electron chi connectivity index (χ3n) is 2.80. The van der Waals surface area contributed by atoms with Gasteiger partial charge in [0.25, 0.3) is 11.8 Å². The largest absolute Gasteiger partial charge is 0.397 e. The fraction of sp³-hybridized carbons (Fsp3) is 0.500. The maximum atomic E-state index is 11.7. The van der Waals surface area contributed by atoms with E-state index in [-0.39, 0.29) is 17.2 Å². The average Bonchev–Trinajstić information content (AvgIpc) is 2.72. The van der Waals surface area contributed by atoms with Crippen LogP contribution in [0.4, 0.5) is 10.7 Å². The number of nitrogens with two attached hydrogens (primary N) is 2. The highest BCUT2D eigenvalue weighted by Crippen LogP contribution is 2.37. The predicted molar refractivity (Wildman–Crippen MR) is 78.8 cm³/mol. The molecule has 0 atom stereocenters. The standard InChI is InChI=1S/C12H20N4O2S/c1-4-5-6-16(3)12-7(10(14)17)8(13)9(19-12)11(18)15-2/h4-6,13H2,1-3H3,(H2,14,17)(H,15,18). The Morgan fingerprint density at radius 3 is 2.53 bits per heavy atom. The number of amides is 2. The topological polar surface area (TPSA) is 101 Å². The predicted octanol–water partition coefficient (Wildman–Crippen LogP) is 1.03. The van der Waals surface area contributed by atoms with Gasteiger partial charge < -0.3 is 21.7 Å². The Morgan fingerprint density at radius 2 is 2.05 bits per heavy atom. The lowest BCUT2D eigenvalue weighted by Gasteiger charge is -2.17. The minimum Gasteiger partial charge on any atom is -0.397 e. The lowest BCUT2D eigenvalue weighted by molar-refractivity contribution is 0.0967. The number of nitrogen functional groups attached to an aromatic ring is 1. The third-order valence-corrected chi connectivity index (χ3v) is 4.12. The van der Waals surface area contributed by atoms with Gasteiger partial charge in [-0.2, -0.15) is 0 Å². The number of nitrogens with one attached hydrogen (secondary N) is 1. The molecular formula is C12H20N4O2S. The summed E-state index contributed by atoms with van der Waals surface area (Å²) in [5, 5.41) is 3.15. The Labute approximate surface area is 116 Å². The molecule has 0 spiro atoms. The van der Waals surface area contributed by atoms with Crippen molar-refractivity contribution >= 4 is 33.8 Å². The lowest BCUT2D eigenvalue weighted by atomic mass is 10.2. The molecule has 0 aliphatic heterocycles. The number of hydrogen-bond acceptors (Lipinski definition) is 5. The summed E-state index contributed by atoms with van der Waals surface area (Å²) in [6.45, 7) is 2.87. The van der Waals surface area contributed by atoms with Crippen LogP contribution >= 0.6 is 11.3 Å². The summed E-state index contributed by atoms with van der Waals surface area (Å²) in [7, 11) is 3.38. The fourth-order valence-corrected chi connectivity index (χ4v) is 2.88. The van der Waals surface area contributed by atoms with Crippen LogP contribution in [0, 0.1) is 0 Å². The van der Waals surface area contributed by atoms with E-state index >= 15 is 0 Å². The smallest absolute Gasteiger partial charge is 0.263 e. The number of rotatable bonds is 6. The molecule has 0 saturated heterocycles. The highest BCUT2D eigenvalue weighted by molar-refractivity contribution is 7.19. The second-order valence-corrected chi connectivity index (χ2v) is 5.24. The molecule has 5 N–H and O–H groups in total. The van der Waals surface area contributed by atoms with Gasteiger partial charge in [-0.05, 0) is 6.42 Å². The first-order valence-corrected chi connectivity index (χ1v) is 6.90. The minimum absolute atomic E-state index is 0.162. The van der Waals surface area contributed by atoms with Crippen molar-refractivity contribution in [2.24, 2.45) is 5.73 Å². The number of anilines is 2. The van der Waals surface area contributed by atoms with Gasteiger partial charge in [0.1, 0.15) is 9.88 Å². The minimum atomic E-state index is -0.609. The molecule has 6 nitrogen and oxygen atoms in total. The van der Waals surface area contributed by atoms with Gasteiger partial charge in [-0.1, -0.05) is 13.3 Å². The first-order valence-electron chi connectivity index (χ1n) is 6.09. The number of thiophene rings is 1. The van der Waals surface area contributed by atoms with Gasteiger partial charge in [-0.15, -0.1) is 11.3 Å². The Bertz CT molecular complexity index is 484. The van der Waals surface area contributed by atoms with Crippen LogP contribution in [-0.4, -0.2) is 32.5 Å². The summed E-state index contributed by atoms with van der Waals surface area (Å²) in [6, 6.07) is 0. The van der Waals surface area contributed by atoms with E-state index in [1.54, 1.807) is 0 Å². The Kier molecular flexibility index (Phi) is 5.17. The van der Waals surface area contributed by atoms with Crippen molar-refractivity contribution < 1.29 is 9.59 Å². The molecule has 1 aromatic heterocycles. The molecule has 0 unspecified atom stereocenters. The molecule has 1 rings (SSSR count). The highest BCUT2D eigenvalue weighted by atomic mass is 32.1. The van der Waals surface area contributed by atoms with Crippen LogP contribution < -0.4 is 21.7 Å². The van der Waals surface area contributed by atoms with E-state index in [1.807, 2.05) is 11.9 Å². The van der Waals surface area contributed by atoms with Crippen LogP contribution in [0.15, 0.2) is 0 Å². The van der Waals surface area contributed by atoms with Gasteiger partial charge in [-0.3, -0.25) is 9.59 Å². The monoisotopic (exact) mass is 284 g/mol. The molecule has 0 aliphatic rings. The Hall–Kier alpha value is -1.76. The number of nitrogens with zero attached hydrogens (tertiary/aromatic N) is 1. The van der Waals surface area contributed by atoms with Gasteiger partial charge in [0.2, 0.25) is 0 Å². The number of unbranched alkanes of at least 4 members (excludes halogenated alkanes) is 1. The number of hydrogen-bond donors (Lipinski definition) is 3. The van der Waals surface area contributed by atoms with Crippen molar-refractivity contribution in [3.8, 4) is 0 Å². The summed E-state index contributed by atoms with van der Waals surface area (Å²) in [4.78, 5) is 25.5. The number of carbonyl (C=O) groups is 2. The summed E-state index contributed by atoms with van der Waals surface area (Å²) < 4.78 is 0. The van der Waals surface area contributed by atoms with Crippen molar-refractivity contribution in [2.75, 3.05) is 31.3 Å². The molecule has 0 aliphatic carbocycles. The maximum Gasteiger partial charge on any atom is 0.263 e. The molecule has 1 aromatic rings. The summed E-state index contributed by atoms with van der Waals surface area (Å²) >= 11 is 1.19. The van der Waals surface area contributed by atoms with E-state index in [0.29, 0.717) is 9.88 Å². The third kappa shape index (κ3) is 3.17. The van der Waals surface area contributed by atoms with Crippen molar-refractivity contribution in [2.45, 2.75) is 19.8 Å². The molecular weight excluding hydrogens is 264 g/mol. The first kappa shape index (κ1) is 15.3. The fourth-order valence-electron chi connectivity index (χ4n) is 1.72. The normalized spacial score (nSPS) is 10.3. The van der Waals surface area contributed by atoms with E-state index in [0.717, 1.165) is 19.4 Å². The zero-order valence-electron chi connectivity index (χ0n) is 11.4. The number of carbonyl (C=O) groups excluding carboxylic acids is 2. The van der Waals surface area contributed by atoms with Crippen molar-refractivity contribution in [3.63, 3.8) is 0 Å². The Balaban J connectivity index is 3.22. The van der Waals surface area contributed by atoms with Crippen molar-refractivity contribution in [1.29, 1.82) is 0 Å². The molecule has 0 fully saturated rings. The second kappa shape index (κ2) is 6.42. The van der Waals surface area contributed by atoms with Gasteiger partial charge in [0.15, 0.2) is 0 Å². The van der Waals surface area contributed by atoms with Gasteiger partial charge >= 0.3 is 0 Å². The van der Waals surface area contributed by atoms with Crippen LogP contribution in [0.2, 0.25) is 0 Å². The van der Waals surface area contributed by atoms with Crippen LogP contribution in [0.5, 0.6) is 0 Å². The maximum absolute atomic E-state index is 11.7. The first-order chi connectivity index (χ1) is 8.93. The molecule has 1 heterocycles. The summed E-state index contributed by atoms with van der Waals surface area (Å²) in [5.41, 5.74) is 11.6. The van der Waals surface area contributed by atoms with Crippen LogP contribution in [-0.2, 0) is 0 Å². The average molecular weight is 284 g/mol. The van der Waals surface area contributed by atoms with E-state index in [2.05, 4.69) is 12.2 Å². The van der Waals surface area contributed by atoms with Gasteiger partial charge in [0, 0.05) is 20.6 Å². The molecule has 0 radical (unpaired) electrons. The summed E-state index contributed by atoms with van der Waals surface area (Å²) in [6.07, 6.45) is 2.03. The highest BCUT2D eigenvalue weighted by Gasteiger charge is 2.25. The Morgan fingerprint density at radius 1 is 1.42 bits per heavy atom. The zero-order valence-corrected chi connectivity index (χ0v) is 12.3. The second-order valence-electron chi connectivity index (χ2n) is 4.24. The van der Waals surface area contributed by atoms with E-state index < -0.39 is 5.91 Å². The number of primary amides is 1. The molecule has 19 heavy (non-hydrogen) atoms. The molecule has 0 saturated carbocycles. The van der Waals surface area contributed by atoms with Crippen molar-refractivity contribution in [3.05, 3.63) is 10.4 Å². The molecule has 2 amide bonds. The van der Waals surface area contributed by atoms with Crippen molar-refractivity contribution in [1.82, 2.24) is 5.32 Å². The van der Waals surface area contributed by atoms with E-state index in [1.165, 1.54) is 18.4 Å². The van der Waals surface area contributed by atoms with Gasteiger partial charge in [0.05, 0.1) is 11.3 Å². The van der Waals surface area contributed by atoms with E-state index in [4.69, 9.17) is 11.5 Å². The van der Waals surface area contributed by atoms with E-state index in [9.17, 15) is 9.59 Å². The summed E-state index contributed by atoms with van der Waals surface area (Å²) in [5.74, 6) is -0.914. The zero-order chi connectivity index (χ0) is 14.6. The SMILES string of the molecule is CCCCN(C)c1sc(C(=O)NC)c(N)c1C(N)=O. The van der Waals surface area contributed by atoms with Crippen LogP contribution in [0.1, 0.15) is 39.8 Å². The lowest BCUT2D eigenvalue weighted by Crippen LogP contribution is -2.22. The molecule has 106 valence electrons. The molecule has 0 bridgehead atoms. The molecule has 7 heteroatoms. The van der Waals surface area contributed by atoms with Gasteiger partial charge in [-0.25, -0.2) is 0 Å². The van der Waals surface area contributed by atoms with Crippen LogP contribution in [0.3, 0.4) is 0 Å².